The van der Waals surface area contributed by atoms with Crippen molar-refractivity contribution in [2.24, 2.45) is 0 Å². The largest absolute Gasteiger partial charge is 0.416 e. The molecule has 0 radical (unpaired) electrons. The van der Waals surface area contributed by atoms with Gasteiger partial charge in [-0.15, -0.1) is 0 Å². The Labute approximate surface area is 145 Å². The van der Waals surface area contributed by atoms with Gasteiger partial charge in [-0.05, 0) is 47.7 Å². The zero-order valence-electron chi connectivity index (χ0n) is 14.2. The minimum absolute atomic E-state index is 0.000523. The van der Waals surface area contributed by atoms with Crippen LogP contribution in [0.5, 0.6) is 0 Å². The molecule has 0 aromatic heterocycles. The van der Waals surface area contributed by atoms with Gasteiger partial charge in [-0.1, -0.05) is 39.0 Å². The van der Waals surface area contributed by atoms with E-state index in [0.717, 1.165) is 30.2 Å². The first kappa shape index (κ1) is 19.3. The van der Waals surface area contributed by atoms with E-state index in [1.807, 2.05) is 6.92 Å². The van der Waals surface area contributed by atoms with Gasteiger partial charge in [0, 0.05) is 5.69 Å². The number of rotatable bonds is 5. The molecular formula is C18H20F3NO2S. The van der Waals surface area contributed by atoms with Crippen molar-refractivity contribution >= 4 is 15.7 Å². The number of hydrogen-bond donors (Lipinski definition) is 1. The van der Waals surface area contributed by atoms with Crippen LogP contribution in [0.15, 0.2) is 53.4 Å². The van der Waals surface area contributed by atoms with Crippen molar-refractivity contribution in [2.45, 2.75) is 43.7 Å². The van der Waals surface area contributed by atoms with E-state index in [2.05, 4.69) is 18.6 Å². The van der Waals surface area contributed by atoms with Crippen molar-refractivity contribution in [2.75, 3.05) is 4.72 Å². The summed E-state index contributed by atoms with van der Waals surface area (Å²) in [6, 6.07) is 10.5. The van der Waals surface area contributed by atoms with E-state index in [4.69, 9.17) is 0 Å². The molecule has 25 heavy (non-hydrogen) atoms. The zero-order valence-corrected chi connectivity index (χ0v) is 15.0. The van der Waals surface area contributed by atoms with Crippen LogP contribution in [0.3, 0.4) is 0 Å². The summed E-state index contributed by atoms with van der Waals surface area (Å²) in [5.74, 6) is 0. The third-order valence-corrected chi connectivity index (χ3v) is 5.67. The first-order valence-corrected chi connectivity index (χ1v) is 9.25. The second-order valence-corrected chi connectivity index (χ2v) is 8.13. The minimum atomic E-state index is -4.53. The van der Waals surface area contributed by atoms with Crippen LogP contribution in [0.1, 0.15) is 38.3 Å². The van der Waals surface area contributed by atoms with E-state index < -0.39 is 21.8 Å². The third-order valence-electron chi connectivity index (χ3n) is 4.27. The van der Waals surface area contributed by atoms with Crippen LogP contribution in [0, 0.1) is 0 Å². The Morgan fingerprint density at radius 3 is 2.08 bits per heavy atom. The van der Waals surface area contributed by atoms with Crippen molar-refractivity contribution in [3.8, 4) is 0 Å². The van der Waals surface area contributed by atoms with E-state index in [-0.39, 0.29) is 16.0 Å². The molecule has 0 aliphatic heterocycles. The van der Waals surface area contributed by atoms with Gasteiger partial charge in [-0.3, -0.25) is 4.72 Å². The smallest absolute Gasteiger partial charge is 0.280 e. The Morgan fingerprint density at radius 1 is 0.960 bits per heavy atom. The molecule has 0 aliphatic carbocycles. The summed E-state index contributed by atoms with van der Waals surface area (Å²) in [4.78, 5) is 0.000523. The molecule has 0 aliphatic rings. The number of halogens is 3. The number of alkyl halides is 3. The second-order valence-electron chi connectivity index (χ2n) is 6.45. The molecule has 0 bridgehead atoms. The Morgan fingerprint density at radius 2 is 1.56 bits per heavy atom. The minimum Gasteiger partial charge on any atom is -0.280 e. The molecule has 0 atom stereocenters. The first-order valence-electron chi connectivity index (χ1n) is 7.76. The Hall–Kier alpha value is -2.02. The van der Waals surface area contributed by atoms with Crippen LogP contribution >= 0.6 is 0 Å². The van der Waals surface area contributed by atoms with Gasteiger partial charge in [-0.25, -0.2) is 8.42 Å². The Balaban J connectivity index is 2.28. The van der Waals surface area contributed by atoms with Crippen LogP contribution < -0.4 is 4.72 Å². The maximum atomic E-state index is 12.7. The molecular weight excluding hydrogens is 351 g/mol. The van der Waals surface area contributed by atoms with Gasteiger partial charge in [0.1, 0.15) is 0 Å². The summed E-state index contributed by atoms with van der Waals surface area (Å²) < 4.78 is 65.2. The average molecular weight is 371 g/mol. The highest BCUT2D eigenvalue weighted by molar-refractivity contribution is 7.92. The predicted octanol–water partition coefficient (Wildman–Crippen LogP) is 5.19. The Kier molecular flexibility index (Phi) is 5.18. The molecule has 0 heterocycles. The Bertz CT molecular complexity index is 841. The lowest BCUT2D eigenvalue weighted by atomic mass is 9.82. The van der Waals surface area contributed by atoms with Crippen LogP contribution in [0.2, 0.25) is 0 Å². The van der Waals surface area contributed by atoms with Crippen molar-refractivity contribution < 1.29 is 21.6 Å². The zero-order chi connectivity index (χ0) is 18.9. The molecule has 1 N–H and O–H groups in total. The molecule has 2 rings (SSSR count). The monoisotopic (exact) mass is 371 g/mol. The average Bonchev–Trinajstić information content (AvgIpc) is 2.54. The van der Waals surface area contributed by atoms with Gasteiger partial charge in [0.05, 0.1) is 10.5 Å². The molecule has 0 fully saturated rings. The number of nitrogens with one attached hydrogen (secondary N) is 1. The van der Waals surface area contributed by atoms with Gasteiger partial charge in [0.15, 0.2) is 0 Å². The van der Waals surface area contributed by atoms with E-state index in [1.165, 1.54) is 18.2 Å². The van der Waals surface area contributed by atoms with E-state index in [0.29, 0.717) is 0 Å². The fraction of sp³-hybridized carbons (Fsp3) is 0.333. The molecule has 2 aromatic rings. The van der Waals surface area contributed by atoms with Gasteiger partial charge in [0.25, 0.3) is 10.0 Å². The highest BCUT2D eigenvalue weighted by atomic mass is 32.2. The van der Waals surface area contributed by atoms with Crippen LogP contribution in [-0.4, -0.2) is 8.42 Å². The topological polar surface area (TPSA) is 46.2 Å². The van der Waals surface area contributed by atoms with Crippen molar-refractivity contribution in [1.29, 1.82) is 0 Å². The van der Waals surface area contributed by atoms with E-state index in [1.54, 1.807) is 12.1 Å². The quantitative estimate of drug-likeness (QED) is 0.786. The second kappa shape index (κ2) is 6.71. The SMILES string of the molecule is CCC(C)(C)c1ccc(S(=O)(=O)Nc2cccc(C(F)(F)F)c2)cc1. The van der Waals surface area contributed by atoms with Gasteiger partial charge in [-0.2, -0.15) is 13.2 Å². The standard InChI is InChI=1S/C18H20F3NO2S/c1-4-17(2,3)13-8-10-16(11-9-13)25(23,24)22-15-7-5-6-14(12-15)18(19,20)21/h5-12,22H,4H2,1-3H3. The predicted molar refractivity (Wildman–Crippen MR) is 92.0 cm³/mol. The lowest BCUT2D eigenvalue weighted by Gasteiger charge is -2.23. The summed E-state index contributed by atoms with van der Waals surface area (Å²) in [6.07, 6.45) is -3.64. The summed E-state index contributed by atoms with van der Waals surface area (Å²) in [5, 5.41) is 0. The van der Waals surface area contributed by atoms with Crippen LogP contribution in [-0.2, 0) is 21.6 Å². The maximum Gasteiger partial charge on any atom is 0.416 e. The lowest BCUT2D eigenvalue weighted by molar-refractivity contribution is -0.137. The summed E-state index contributed by atoms with van der Waals surface area (Å²) in [7, 11) is -3.96. The molecule has 0 saturated heterocycles. The van der Waals surface area contributed by atoms with Crippen molar-refractivity contribution in [3.05, 3.63) is 59.7 Å². The summed E-state index contributed by atoms with van der Waals surface area (Å²) in [6.45, 7) is 6.15. The molecule has 0 spiro atoms. The summed E-state index contributed by atoms with van der Waals surface area (Å²) in [5.41, 5.74) is -0.134. The number of anilines is 1. The summed E-state index contributed by atoms with van der Waals surface area (Å²) >= 11 is 0. The number of benzene rings is 2. The first-order chi connectivity index (χ1) is 11.5. The lowest BCUT2D eigenvalue weighted by Crippen LogP contribution is -2.17. The fourth-order valence-corrected chi connectivity index (χ4v) is 3.31. The highest BCUT2D eigenvalue weighted by Crippen LogP contribution is 2.31. The van der Waals surface area contributed by atoms with Gasteiger partial charge in [0.2, 0.25) is 0 Å². The normalized spacial score (nSPS) is 12.9. The number of hydrogen-bond acceptors (Lipinski definition) is 2. The third kappa shape index (κ3) is 4.54. The molecule has 7 heteroatoms. The van der Waals surface area contributed by atoms with Crippen molar-refractivity contribution in [1.82, 2.24) is 0 Å². The van der Waals surface area contributed by atoms with Crippen LogP contribution in [0.25, 0.3) is 0 Å². The van der Waals surface area contributed by atoms with Crippen molar-refractivity contribution in [3.63, 3.8) is 0 Å². The molecule has 0 amide bonds. The highest BCUT2D eigenvalue weighted by Gasteiger charge is 2.30. The molecule has 0 unspecified atom stereocenters. The molecule has 3 nitrogen and oxygen atoms in total. The fourth-order valence-electron chi connectivity index (χ4n) is 2.26. The molecule has 136 valence electrons. The maximum absolute atomic E-state index is 12.7. The van der Waals surface area contributed by atoms with E-state index >= 15 is 0 Å². The van der Waals surface area contributed by atoms with Crippen LogP contribution in [0.4, 0.5) is 18.9 Å². The van der Waals surface area contributed by atoms with Gasteiger partial charge >= 0.3 is 6.18 Å². The van der Waals surface area contributed by atoms with Gasteiger partial charge < -0.3 is 0 Å². The molecule has 0 saturated carbocycles. The number of sulfonamides is 1. The van der Waals surface area contributed by atoms with E-state index in [9.17, 15) is 21.6 Å². The molecule has 2 aromatic carbocycles.